The first kappa shape index (κ1) is 14.8. The minimum Gasteiger partial charge on any atom is -0.348 e. The van der Waals surface area contributed by atoms with E-state index in [4.69, 9.17) is 11.6 Å². The van der Waals surface area contributed by atoms with Gasteiger partial charge >= 0.3 is 0 Å². The highest BCUT2D eigenvalue weighted by atomic mass is 35.5. The van der Waals surface area contributed by atoms with Gasteiger partial charge in [-0.25, -0.2) is 4.98 Å². The summed E-state index contributed by atoms with van der Waals surface area (Å²) in [5.41, 5.74) is 1.77. The molecule has 2 aliphatic rings. The number of amides is 1. The van der Waals surface area contributed by atoms with Crippen molar-refractivity contribution in [2.24, 2.45) is 16.7 Å². The van der Waals surface area contributed by atoms with Gasteiger partial charge in [0.25, 0.3) is 5.91 Å². The summed E-state index contributed by atoms with van der Waals surface area (Å²) in [5, 5.41) is 3.66. The van der Waals surface area contributed by atoms with Crippen LogP contribution >= 0.6 is 11.6 Å². The molecule has 3 unspecified atom stereocenters. The highest BCUT2D eigenvalue weighted by Gasteiger charge is 2.59. The molecule has 1 aromatic heterocycles. The van der Waals surface area contributed by atoms with Crippen LogP contribution < -0.4 is 5.32 Å². The molecule has 3 nitrogen and oxygen atoms in total. The van der Waals surface area contributed by atoms with Gasteiger partial charge in [-0.1, -0.05) is 32.4 Å². The van der Waals surface area contributed by atoms with Crippen molar-refractivity contribution in [3.05, 3.63) is 28.5 Å². The molecule has 1 heterocycles. The van der Waals surface area contributed by atoms with Gasteiger partial charge in [-0.3, -0.25) is 4.79 Å². The van der Waals surface area contributed by atoms with E-state index in [0.29, 0.717) is 10.7 Å². The smallest absolute Gasteiger partial charge is 0.251 e. The summed E-state index contributed by atoms with van der Waals surface area (Å²) in [4.78, 5) is 16.7. The second kappa shape index (κ2) is 4.70. The quantitative estimate of drug-likeness (QED) is 0.840. The highest BCUT2D eigenvalue weighted by Crippen LogP contribution is 2.62. The maximum absolute atomic E-state index is 12.6. The highest BCUT2D eigenvalue weighted by molar-refractivity contribution is 6.29. The molecule has 2 fully saturated rings. The molecule has 2 saturated carbocycles. The maximum atomic E-state index is 12.6. The standard InChI is InChI=1S/C17H23ClN2O/c1-10-7-11(8-13(18)19-10)14(21)20-15-16(2,3)12-5-6-17(15,4)9-12/h7-8,12,15H,5-6,9H2,1-4H3,(H,20,21). The number of pyridine rings is 1. The van der Waals surface area contributed by atoms with Crippen LogP contribution in [0.4, 0.5) is 0 Å². The van der Waals surface area contributed by atoms with Crippen molar-refractivity contribution in [1.29, 1.82) is 0 Å². The van der Waals surface area contributed by atoms with Crippen LogP contribution in [-0.2, 0) is 0 Å². The first-order chi connectivity index (χ1) is 9.72. The molecule has 0 aromatic carbocycles. The third kappa shape index (κ3) is 2.36. The van der Waals surface area contributed by atoms with Crippen molar-refractivity contribution in [3.63, 3.8) is 0 Å². The van der Waals surface area contributed by atoms with E-state index in [-0.39, 0.29) is 22.8 Å². The Balaban J connectivity index is 1.84. The van der Waals surface area contributed by atoms with E-state index in [0.717, 1.165) is 11.6 Å². The third-order valence-electron chi connectivity index (χ3n) is 5.73. The van der Waals surface area contributed by atoms with Crippen molar-refractivity contribution in [3.8, 4) is 0 Å². The van der Waals surface area contributed by atoms with E-state index >= 15 is 0 Å². The molecule has 2 aliphatic carbocycles. The van der Waals surface area contributed by atoms with Crippen LogP contribution in [0.1, 0.15) is 56.1 Å². The predicted octanol–water partition coefficient (Wildman–Crippen LogP) is 3.99. The molecule has 1 N–H and O–H groups in total. The lowest BCUT2D eigenvalue weighted by Gasteiger charge is -2.43. The van der Waals surface area contributed by atoms with E-state index < -0.39 is 0 Å². The SMILES string of the molecule is Cc1cc(C(=O)NC2C3(C)CCC(C3)C2(C)C)cc(Cl)n1. The summed E-state index contributed by atoms with van der Waals surface area (Å²) in [5.74, 6) is 0.685. The molecule has 0 spiro atoms. The molecule has 1 amide bonds. The Morgan fingerprint density at radius 1 is 1.38 bits per heavy atom. The van der Waals surface area contributed by atoms with Gasteiger partial charge < -0.3 is 5.32 Å². The molecule has 0 radical (unpaired) electrons. The van der Waals surface area contributed by atoms with Gasteiger partial charge in [0, 0.05) is 17.3 Å². The number of aryl methyl sites for hydroxylation is 1. The number of hydrogen-bond acceptors (Lipinski definition) is 2. The number of aromatic nitrogens is 1. The van der Waals surface area contributed by atoms with Gasteiger partial charge in [-0.05, 0) is 55.1 Å². The second-order valence-corrected chi connectivity index (χ2v) is 8.03. The Hall–Kier alpha value is -1.09. The summed E-state index contributed by atoms with van der Waals surface area (Å²) in [6, 6.07) is 3.67. The van der Waals surface area contributed by atoms with Gasteiger partial charge in [0.05, 0.1) is 0 Å². The average molecular weight is 307 g/mol. The third-order valence-corrected chi connectivity index (χ3v) is 5.92. The molecule has 3 atom stereocenters. The number of nitrogens with zero attached hydrogens (tertiary/aromatic N) is 1. The topological polar surface area (TPSA) is 42.0 Å². The molecule has 1 aromatic rings. The lowest BCUT2D eigenvalue weighted by molar-refractivity contribution is 0.0737. The zero-order valence-electron chi connectivity index (χ0n) is 13.2. The Labute approximate surface area is 131 Å². The van der Waals surface area contributed by atoms with Gasteiger partial charge in [-0.15, -0.1) is 0 Å². The molecular weight excluding hydrogens is 284 g/mol. The minimum atomic E-state index is -0.0331. The van der Waals surface area contributed by atoms with Crippen molar-refractivity contribution < 1.29 is 4.79 Å². The van der Waals surface area contributed by atoms with Crippen LogP contribution in [0.5, 0.6) is 0 Å². The zero-order valence-corrected chi connectivity index (χ0v) is 13.9. The number of carbonyl (C=O) groups excluding carboxylic acids is 1. The molecular formula is C17H23ClN2O. The lowest BCUT2D eigenvalue weighted by atomic mass is 9.68. The number of carbonyl (C=O) groups is 1. The average Bonchev–Trinajstić information content (AvgIpc) is 2.84. The van der Waals surface area contributed by atoms with Crippen LogP contribution in [0, 0.1) is 23.7 Å². The fourth-order valence-electron chi connectivity index (χ4n) is 4.64. The number of halogens is 1. The second-order valence-electron chi connectivity index (χ2n) is 7.64. The summed E-state index contributed by atoms with van der Waals surface area (Å²) >= 11 is 5.97. The van der Waals surface area contributed by atoms with Crippen LogP contribution in [0.3, 0.4) is 0 Å². The summed E-state index contributed by atoms with van der Waals surface area (Å²) in [7, 11) is 0. The van der Waals surface area contributed by atoms with Crippen molar-refractivity contribution in [2.75, 3.05) is 0 Å². The van der Waals surface area contributed by atoms with E-state index in [9.17, 15) is 4.79 Å². The van der Waals surface area contributed by atoms with Gasteiger partial charge in [0.15, 0.2) is 0 Å². The predicted molar refractivity (Wildman–Crippen MR) is 84.5 cm³/mol. The van der Waals surface area contributed by atoms with Crippen LogP contribution in [0.2, 0.25) is 5.15 Å². The van der Waals surface area contributed by atoms with Crippen molar-refractivity contribution in [1.82, 2.24) is 10.3 Å². The molecule has 0 saturated heterocycles. The van der Waals surface area contributed by atoms with Gasteiger partial charge in [0.1, 0.15) is 5.15 Å². The molecule has 2 bridgehead atoms. The van der Waals surface area contributed by atoms with E-state index in [1.807, 2.05) is 6.92 Å². The number of nitrogens with one attached hydrogen (secondary N) is 1. The van der Waals surface area contributed by atoms with Crippen molar-refractivity contribution >= 4 is 17.5 Å². The van der Waals surface area contributed by atoms with Crippen LogP contribution in [-0.4, -0.2) is 16.9 Å². The normalized spacial score (nSPS) is 33.2. The first-order valence-electron chi connectivity index (χ1n) is 7.67. The van der Waals surface area contributed by atoms with Crippen LogP contribution in [0.15, 0.2) is 12.1 Å². The Morgan fingerprint density at radius 3 is 2.67 bits per heavy atom. The fraction of sp³-hybridized carbons (Fsp3) is 0.647. The molecule has 21 heavy (non-hydrogen) atoms. The maximum Gasteiger partial charge on any atom is 0.251 e. The summed E-state index contributed by atoms with van der Waals surface area (Å²) in [6.45, 7) is 8.75. The van der Waals surface area contributed by atoms with E-state index in [2.05, 4.69) is 31.1 Å². The van der Waals surface area contributed by atoms with E-state index in [1.54, 1.807) is 12.1 Å². The van der Waals surface area contributed by atoms with Crippen molar-refractivity contribution in [2.45, 2.75) is 53.0 Å². The Morgan fingerprint density at radius 2 is 2.10 bits per heavy atom. The number of rotatable bonds is 2. The molecule has 3 rings (SSSR count). The molecule has 4 heteroatoms. The zero-order chi connectivity index (χ0) is 15.4. The first-order valence-corrected chi connectivity index (χ1v) is 8.05. The van der Waals surface area contributed by atoms with E-state index in [1.165, 1.54) is 19.3 Å². The minimum absolute atomic E-state index is 0.0331. The number of hydrogen-bond donors (Lipinski definition) is 1. The Kier molecular flexibility index (Phi) is 3.32. The lowest BCUT2D eigenvalue weighted by Crippen LogP contribution is -2.52. The Bertz CT molecular complexity index is 573. The molecule has 0 aliphatic heterocycles. The largest absolute Gasteiger partial charge is 0.348 e. The summed E-state index contributed by atoms with van der Waals surface area (Å²) < 4.78 is 0. The van der Waals surface area contributed by atoms with Gasteiger partial charge in [-0.2, -0.15) is 0 Å². The monoisotopic (exact) mass is 306 g/mol. The van der Waals surface area contributed by atoms with Gasteiger partial charge in [0.2, 0.25) is 0 Å². The number of fused-ring (bicyclic) bond motifs is 2. The fourth-order valence-corrected chi connectivity index (χ4v) is 4.89. The summed E-state index contributed by atoms with van der Waals surface area (Å²) in [6.07, 6.45) is 3.72. The molecule has 114 valence electrons. The van der Waals surface area contributed by atoms with Crippen LogP contribution in [0.25, 0.3) is 0 Å².